The van der Waals surface area contributed by atoms with Gasteiger partial charge in [0.25, 0.3) is 0 Å². The number of rotatable bonds is 22. The van der Waals surface area contributed by atoms with Crippen molar-refractivity contribution in [3.63, 3.8) is 0 Å². The summed E-state index contributed by atoms with van der Waals surface area (Å²) in [5.41, 5.74) is 4.88. The van der Waals surface area contributed by atoms with Crippen molar-refractivity contribution >= 4 is 62.1 Å². The highest BCUT2D eigenvalue weighted by atomic mass is 32.1. The number of ether oxygens (including phenoxy) is 4. The predicted molar refractivity (Wildman–Crippen MR) is 329 cm³/mol. The molecule has 0 unspecified atom stereocenters. The van der Waals surface area contributed by atoms with E-state index < -0.39 is 6.04 Å². The van der Waals surface area contributed by atoms with Crippen LogP contribution < -0.4 is 29.9 Å². The summed E-state index contributed by atoms with van der Waals surface area (Å²) in [6.07, 6.45) is 10.9. The fourth-order valence-corrected chi connectivity index (χ4v) is 14.0. The molecule has 5 aliphatic rings. The van der Waals surface area contributed by atoms with E-state index in [2.05, 4.69) is 68.5 Å². The van der Waals surface area contributed by atoms with Gasteiger partial charge in [-0.05, 0) is 107 Å². The number of likely N-dealkylation sites (N-methyl/N-ethyl adjacent to an activating group) is 1. The van der Waals surface area contributed by atoms with E-state index in [0.29, 0.717) is 71.7 Å². The molecular weight excluding hydrogens is 1080 g/mol. The van der Waals surface area contributed by atoms with Gasteiger partial charge >= 0.3 is 6.01 Å². The van der Waals surface area contributed by atoms with Crippen molar-refractivity contribution < 1.29 is 38.4 Å². The van der Waals surface area contributed by atoms with Gasteiger partial charge in [-0.1, -0.05) is 74.4 Å². The molecule has 2 aromatic heterocycles. The van der Waals surface area contributed by atoms with E-state index in [9.17, 15) is 19.5 Å². The number of thiazole rings is 1. The number of piperidine rings is 1. The summed E-state index contributed by atoms with van der Waals surface area (Å²) in [4.78, 5) is 66.1. The largest absolute Gasteiger partial charge is 0.508 e. The molecule has 6 heterocycles. The van der Waals surface area contributed by atoms with E-state index in [4.69, 9.17) is 33.9 Å². The molecule has 4 aliphatic heterocycles. The van der Waals surface area contributed by atoms with Crippen molar-refractivity contribution in [2.45, 2.75) is 115 Å². The van der Waals surface area contributed by atoms with Gasteiger partial charge in [-0.3, -0.25) is 19.3 Å². The zero-order valence-electron chi connectivity index (χ0n) is 49.0. The summed E-state index contributed by atoms with van der Waals surface area (Å²) >= 11 is 1.60. The van der Waals surface area contributed by atoms with Gasteiger partial charge in [-0.15, -0.1) is 11.3 Å². The molecule has 3 N–H and O–H groups in total. The molecule has 1 saturated carbocycles. The lowest BCUT2D eigenvalue weighted by Gasteiger charge is -2.38. The number of hydrogen-bond acceptors (Lipinski definition) is 16. The number of carbonyl (C=O) groups excluding carboxylic acids is 3. The van der Waals surface area contributed by atoms with Crippen LogP contribution in [0, 0.1) is 5.92 Å². The van der Waals surface area contributed by atoms with E-state index in [0.717, 1.165) is 150 Å². The van der Waals surface area contributed by atoms with Gasteiger partial charge in [0, 0.05) is 97.9 Å². The molecule has 4 aromatic carbocycles. The second kappa shape index (κ2) is 27.4. The average Bonchev–Trinajstić information content (AvgIpc) is 4.35. The maximum Gasteiger partial charge on any atom is 0.318 e. The Morgan fingerprint density at radius 1 is 0.798 bits per heavy atom. The van der Waals surface area contributed by atoms with Crippen LogP contribution in [-0.4, -0.2) is 169 Å². The highest BCUT2D eigenvalue weighted by molar-refractivity contribution is 7.10. The Kier molecular flexibility index (Phi) is 19.2. The van der Waals surface area contributed by atoms with E-state index in [-0.39, 0.29) is 53.7 Å². The number of aromatic hydroxyl groups is 1. The number of piperazine rings is 1. The first-order chi connectivity index (χ1) is 41.0. The van der Waals surface area contributed by atoms with Crippen LogP contribution in [-0.2, 0) is 36.8 Å². The minimum Gasteiger partial charge on any atom is -0.508 e. The Labute approximate surface area is 497 Å². The van der Waals surface area contributed by atoms with Crippen LogP contribution in [0.3, 0.4) is 0 Å². The maximum atomic E-state index is 14.4. The van der Waals surface area contributed by atoms with Crippen molar-refractivity contribution in [1.82, 2.24) is 40.3 Å². The van der Waals surface area contributed by atoms with Gasteiger partial charge in [0.05, 0.1) is 55.9 Å². The molecule has 11 rings (SSSR count). The number of hydrogen-bond donors (Lipinski definition) is 3. The highest BCUT2D eigenvalue weighted by Gasteiger charge is 2.40. The second-order valence-corrected chi connectivity index (χ2v) is 24.1. The summed E-state index contributed by atoms with van der Waals surface area (Å²) in [6, 6.07) is 23.4. The normalized spacial score (nSPS) is 19.3. The molecule has 4 fully saturated rings. The second-order valence-electron chi connectivity index (χ2n) is 23.2. The van der Waals surface area contributed by atoms with Crippen molar-refractivity contribution in [3.8, 4) is 28.8 Å². The number of benzene rings is 4. The first-order valence-corrected chi connectivity index (χ1v) is 31.4. The third-order valence-electron chi connectivity index (χ3n) is 17.7. The topological polar surface area (TPSA) is 187 Å². The number of phenols is 1. The summed E-state index contributed by atoms with van der Waals surface area (Å²) in [5.74, 6) is 1.85. The number of anilines is 2. The van der Waals surface area contributed by atoms with Crippen LogP contribution in [0.15, 0.2) is 90.8 Å². The number of likely N-dealkylation sites (tertiary alicyclic amines) is 2. The average molecular weight is 1160 g/mol. The van der Waals surface area contributed by atoms with Crippen LogP contribution in [0.25, 0.3) is 32.8 Å². The molecule has 4 atom stereocenters. The smallest absolute Gasteiger partial charge is 0.318 e. The van der Waals surface area contributed by atoms with Gasteiger partial charge in [-0.2, -0.15) is 9.97 Å². The highest BCUT2D eigenvalue weighted by Crippen LogP contribution is 2.41. The SMILES string of the molecule is C=CC(=O)N1CCN(c2nc(O[C@H](C)CN3CCC(OCCOCCOc4ccc(-c5csc([C@@H]6CCCN6C(=O)[C@@H](NC(=O)[C@H](C)NC)C6CCCCC6)n5)c5ccccc45)CC3)nc3c2CCN(c2cc(O)cc4ccccc24)C3)CC1. The zero-order valence-corrected chi connectivity index (χ0v) is 49.8. The number of amides is 3. The van der Waals surface area contributed by atoms with E-state index in [1.807, 2.05) is 59.2 Å². The van der Waals surface area contributed by atoms with Crippen LogP contribution in [0.2, 0.25) is 0 Å². The van der Waals surface area contributed by atoms with Crippen molar-refractivity contribution in [3.05, 3.63) is 107 Å². The predicted octanol–water partition coefficient (Wildman–Crippen LogP) is 8.69. The third-order valence-corrected chi connectivity index (χ3v) is 18.6. The Hall–Kier alpha value is -6.90. The van der Waals surface area contributed by atoms with Crippen molar-refractivity contribution in [2.75, 3.05) is 102 Å². The van der Waals surface area contributed by atoms with Gasteiger partial charge in [0.1, 0.15) is 41.1 Å². The molecule has 3 amide bonds. The van der Waals surface area contributed by atoms with E-state index >= 15 is 0 Å². The van der Waals surface area contributed by atoms with Crippen molar-refractivity contribution in [1.29, 1.82) is 0 Å². The molecule has 18 nitrogen and oxygen atoms in total. The minimum absolute atomic E-state index is 0.0176. The number of nitrogens with zero attached hydrogens (tertiary/aromatic N) is 8. The Balaban J connectivity index is 0.637. The van der Waals surface area contributed by atoms with Crippen LogP contribution in [0.5, 0.6) is 17.5 Å². The number of aromatic nitrogens is 3. The third kappa shape index (κ3) is 13.6. The van der Waals surface area contributed by atoms with Crippen molar-refractivity contribution in [2.24, 2.45) is 5.92 Å². The summed E-state index contributed by atoms with van der Waals surface area (Å²) in [5, 5.41) is 24.0. The summed E-state index contributed by atoms with van der Waals surface area (Å²) in [7, 11) is 1.77. The standard InChI is InChI=1S/C65H82N10O8S/c1-5-59(77)72-30-32-73(33-31-72)61-53-25-29-74(57-39-47(76)38-46-16-9-10-17-49(46)57)41-54(53)68-65(70-61)83-43(2)40-71-27-23-48(24-28-71)81-36-34-80-35-37-82-58-22-21-51(50-18-11-12-19-52(50)58)55-42-84-63(67-55)56-20-13-26-75(56)64(79)60(45-14-7-6-8-15-45)69-62(78)44(3)66-4/h5,9-12,16-19,21-22,38-39,42-45,48,56,60,66,76H,1,6-8,13-15,20,23-37,40-41H2,2-4H3,(H,69,78)/t43-,44+,56+,60+/m1/s1. The molecule has 446 valence electrons. The van der Waals surface area contributed by atoms with Crippen LogP contribution >= 0.6 is 11.3 Å². The van der Waals surface area contributed by atoms with Gasteiger partial charge < -0.3 is 54.3 Å². The lowest BCUT2D eigenvalue weighted by atomic mass is 9.83. The maximum absolute atomic E-state index is 14.4. The molecule has 3 saturated heterocycles. The first kappa shape index (κ1) is 58.9. The Bertz CT molecular complexity index is 3270. The Morgan fingerprint density at radius 2 is 1.56 bits per heavy atom. The van der Waals surface area contributed by atoms with E-state index in [1.165, 1.54) is 12.5 Å². The molecule has 1 aliphatic carbocycles. The number of carbonyl (C=O) groups is 3. The van der Waals surface area contributed by atoms with Crippen LogP contribution in [0.4, 0.5) is 11.5 Å². The van der Waals surface area contributed by atoms with Gasteiger partial charge in [-0.25, -0.2) is 4.98 Å². The van der Waals surface area contributed by atoms with Crippen LogP contribution in [0.1, 0.15) is 93.9 Å². The number of nitrogens with one attached hydrogen (secondary N) is 2. The van der Waals surface area contributed by atoms with Gasteiger partial charge in [0.15, 0.2) is 0 Å². The summed E-state index contributed by atoms with van der Waals surface area (Å²) in [6.45, 7) is 16.3. The quantitative estimate of drug-likeness (QED) is 0.0433. The number of phenolic OH excluding ortho intramolecular Hbond substituents is 1. The minimum atomic E-state index is -0.531. The molecule has 19 heteroatoms. The molecule has 0 bridgehead atoms. The van der Waals surface area contributed by atoms with E-state index in [1.54, 1.807) is 24.5 Å². The molecule has 0 radical (unpaired) electrons. The Morgan fingerprint density at radius 3 is 2.35 bits per heavy atom. The molecule has 84 heavy (non-hydrogen) atoms. The fourth-order valence-electron chi connectivity index (χ4n) is 13.0. The molecular formula is C65H82N10O8S. The lowest BCUT2D eigenvalue weighted by molar-refractivity contribution is -0.139. The monoisotopic (exact) mass is 1160 g/mol. The summed E-state index contributed by atoms with van der Waals surface area (Å²) < 4.78 is 25.2. The molecule has 0 spiro atoms. The fraction of sp³-hybridized carbons (Fsp3) is 0.508. The first-order valence-electron chi connectivity index (χ1n) is 30.5. The lowest BCUT2D eigenvalue weighted by Crippen LogP contribution is -2.55. The zero-order chi connectivity index (χ0) is 58.1. The molecule has 6 aromatic rings. The van der Waals surface area contributed by atoms with Gasteiger partial charge in [0.2, 0.25) is 17.7 Å². The number of fused-ring (bicyclic) bond motifs is 3.